The van der Waals surface area contributed by atoms with E-state index in [-0.39, 0.29) is 17.7 Å². The van der Waals surface area contributed by atoms with Gasteiger partial charge in [0.15, 0.2) is 0 Å². The standard InChI is InChI=1S/C16H29N3O3/c1-4-5-10-19-14(21)12(13(20)11(2)3)18-15(22)16(19)6-8-17-9-7-16/h11-13,17,20H,4-10H2,1-3H3,(H,18,22)/t12-,13-/m0/s1. The number of rotatable bonds is 5. The molecule has 2 heterocycles. The number of piperazine rings is 1. The Kier molecular flexibility index (Phi) is 5.45. The van der Waals surface area contributed by atoms with Crippen molar-refractivity contribution in [2.45, 2.75) is 64.1 Å². The first-order chi connectivity index (χ1) is 10.4. The molecule has 1 spiro atoms. The van der Waals surface area contributed by atoms with Gasteiger partial charge in [0.2, 0.25) is 11.8 Å². The molecule has 6 nitrogen and oxygen atoms in total. The lowest BCUT2D eigenvalue weighted by Gasteiger charge is -2.51. The van der Waals surface area contributed by atoms with Crippen LogP contribution in [0.1, 0.15) is 46.5 Å². The molecule has 2 atom stereocenters. The van der Waals surface area contributed by atoms with Gasteiger partial charge in [-0.3, -0.25) is 9.59 Å². The third-order valence-electron chi connectivity index (χ3n) is 4.95. The van der Waals surface area contributed by atoms with E-state index in [1.54, 1.807) is 4.90 Å². The maximum absolute atomic E-state index is 12.9. The van der Waals surface area contributed by atoms with Gasteiger partial charge in [0, 0.05) is 6.54 Å². The third-order valence-corrected chi connectivity index (χ3v) is 4.95. The van der Waals surface area contributed by atoms with Gasteiger partial charge >= 0.3 is 0 Å². The van der Waals surface area contributed by atoms with Crippen molar-refractivity contribution >= 4 is 11.8 Å². The van der Waals surface area contributed by atoms with Gasteiger partial charge < -0.3 is 20.6 Å². The van der Waals surface area contributed by atoms with Gasteiger partial charge in [0.25, 0.3) is 0 Å². The smallest absolute Gasteiger partial charge is 0.248 e. The number of nitrogens with one attached hydrogen (secondary N) is 2. The molecule has 2 aliphatic heterocycles. The van der Waals surface area contributed by atoms with Crippen LogP contribution in [-0.2, 0) is 9.59 Å². The molecule has 0 radical (unpaired) electrons. The highest BCUT2D eigenvalue weighted by Crippen LogP contribution is 2.32. The molecule has 0 aliphatic carbocycles. The number of amides is 2. The summed E-state index contributed by atoms with van der Waals surface area (Å²) < 4.78 is 0. The molecular formula is C16H29N3O3. The minimum atomic E-state index is -0.848. The molecule has 3 N–H and O–H groups in total. The Morgan fingerprint density at radius 3 is 2.50 bits per heavy atom. The van der Waals surface area contributed by atoms with Crippen LogP contribution in [0.5, 0.6) is 0 Å². The molecule has 0 aromatic rings. The molecule has 0 aromatic heterocycles. The molecule has 2 rings (SSSR count). The highest BCUT2D eigenvalue weighted by Gasteiger charge is 2.53. The molecule has 2 fully saturated rings. The van der Waals surface area contributed by atoms with E-state index in [2.05, 4.69) is 17.6 Å². The van der Waals surface area contributed by atoms with Gasteiger partial charge in [0.05, 0.1) is 6.10 Å². The van der Waals surface area contributed by atoms with Crippen LogP contribution in [0.3, 0.4) is 0 Å². The maximum Gasteiger partial charge on any atom is 0.248 e. The van der Waals surface area contributed by atoms with E-state index in [1.165, 1.54) is 0 Å². The lowest BCUT2D eigenvalue weighted by molar-refractivity contribution is -0.163. The molecule has 6 heteroatoms. The molecule has 126 valence electrons. The van der Waals surface area contributed by atoms with Gasteiger partial charge in [-0.15, -0.1) is 0 Å². The molecule has 22 heavy (non-hydrogen) atoms. The molecule has 0 aromatic carbocycles. The number of nitrogens with zero attached hydrogens (tertiary/aromatic N) is 1. The van der Waals surface area contributed by atoms with Crippen LogP contribution in [0, 0.1) is 5.92 Å². The zero-order valence-corrected chi connectivity index (χ0v) is 13.9. The van der Waals surface area contributed by atoms with Gasteiger partial charge in [-0.1, -0.05) is 27.2 Å². The Morgan fingerprint density at radius 2 is 1.95 bits per heavy atom. The van der Waals surface area contributed by atoms with E-state index in [0.29, 0.717) is 19.4 Å². The summed E-state index contributed by atoms with van der Waals surface area (Å²) in [5, 5.41) is 16.4. The zero-order chi connectivity index (χ0) is 16.3. The topological polar surface area (TPSA) is 81.7 Å². The third kappa shape index (κ3) is 2.99. The van der Waals surface area contributed by atoms with E-state index in [1.807, 2.05) is 13.8 Å². The molecule has 2 amide bonds. The normalized spacial score (nSPS) is 26.4. The summed E-state index contributed by atoms with van der Waals surface area (Å²) in [6, 6.07) is -0.815. The van der Waals surface area contributed by atoms with Gasteiger partial charge in [0.1, 0.15) is 11.6 Å². The van der Waals surface area contributed by atoms with Crippen molar-refractivity contribution in [3.63, 3.8) is 0 Å². The average molecular weight is 311 g/mol. The van der Waals surface area contributed by atoms with Crippen molar-refractivity contribution < 1.29 is 14.7 Å². The molecule has 0 bridgehead atoms. The van der Waals surface area contributed by atoms with E-state index >= 15 is 0 Å². The molecule has 0 unspecified atom stereocenters. The van der Waals surface area contributed by atoms with Gasteiger partial charge in [-0.05, 0) is 38.3 Å². The predicted molar refractivity (Wildman–Crippen MR) is 84.2 cm³/mol. The van der Waals surface area contributed by atoms with Crippen molar-refractivity contribution in [3.05, 3.63) is 0 Å². The molecule has 2 aliphatic rings. The Hall–Kier alpha value is -1.14. The summed E-state index contributed by atoms with van der Waals surface area (Å²) in [4.78, 5) is 27.5. The Labute approximate surface area is 132 Å². The minimum absolute atomic E-state index is 0.0793. The molecular weight excluding hydrogens is 282 g/mol. The summed E-state index contributed by atoms with van der Waals surface area (Å²) >= 11 is 0. The van der Waals surface area contributed by atoms with Crippen molar-refractivity contribution in [3.8, 4) is 0 Å². The van der Waals surface area contributed by atoms with Gasteiger partial charge in [-0.2, -0.15) is 0 Å². The van der Waals surface area contributed by atoms with Crippen molar-refractivity contribution in [2.75, 3.05) is 19.6 Å². The molecule has 2 saturated heterocycles. The SMILES string of the molecule is CCCCN1C(=O)[C@H]([C@@H](O)C(C)C)NC(=O)C12CCNCC2. The highest BCUT2D eigenvalue weighted by molar-refractivity contribution is 6.00. The van der Waals surface area contributed by atoms with E-state index in [0.717, 1.165) is 25.9 Å². The maximum atomic E-state index is 12.9. The number of piperidine rings is 1. The number of aliphatic hydroxyl groups excluding tert-OH is 1. The Bertz CT molecular complexity index is 419. The number of hydrogen-bond donors (Lipinski definition) is 3. The fourth-order valence-electron chi connectivity index (χ4n) is 3.43. The summed E-state index contributed by atoms with van der Waals surface area (Å²) in [7, 11) is 0. The van der Waals surface area contributed by atoms with Crippen LogP contribution in [0.2, 0.25) is 0 Å². The number of unbranched alkanes of at least 4 members (excludes halogenated alkanes) is 1. The van der Waals surface area contributed by atoms with Crippen molar-refractivity contribution in [2.24, 2.45) is 5.92 Å². The lowest BCUT2D eigenvalue weighted by Crippen LogP contribution is -2.74. The zero-order valence-electron chi connectivity index (χ0n) is 13.9. The summed E-state index contributed by atoms with van der Waals surface area (Å²) in [6.45, 7) is 7.85. The van der Waals surface area contributed by atoms with E-state index in [9.17, 15) is 14.7 Å². The first-order valence-corrected chi connectivity index (χ1v) is 8.45. The summed E-state index contributed by atoms with van der Waals surface area (Å²) in [5.74, 6) is -0.310. The van der Waals surface area contributed by atoms with Gasteiger partial charge in [-0.25, -0.2) is 0 Å². The monoisotopic (exact) mass is 311 g/mol. The quantitative estimate of drug-likeness (QED) is 0.680. The first-order valence-electron chi connectivity index (χ1n) is 8.45. The molecule has 0 saturated carbocycles. The van der Waals surface area contributed by atoms with E-state index < -0.39 is 17.7 Å². The summed E-state index contributed by atoms with van der Waals surface area (Å²) in [6.07, 6.45) is 2.27. The number of carbonyl (C=O) groups is 2. The number of aliphatic hydroxyl groups is 1. The van der Waals surface area contributed by atoms with Crippen LogP contribution >= 0.6 is 0 Å². The van der Waals surface area contributed by atoms with Crippen LogP contribution < -0.4 is 10.6 Å². The Balaban J connectivity index is 2.29. The second-order valence-electron chi connectivity index (χ2n) is 6.81. The second kappa shape index (κ2) is 6.96. The number of carbonyl (C=O) groups excluding carboxylic acids is 2. The average Bonchev–Trinajstić information content (AvgIpc) is 2.51. The van der Waals surface area contributed by atoms with Crippen molar-refractivity contribution in [1.29, 1.82) is 0 Å². The lowest BCUT2D eigenvalue weighted by atomic mass is 9.81. The fraction of sp³-hybridized carbons (Fsp3) is 0.875. The van der Waals surface area contributed by atoms with E-state index in [4.69, 9.17) is 0 Å². The van der Waals surface area contributed by atoms with Crippen LogP contribution in [0.25, 0.3) is 0 Å². The fourth-order valence-corrected chi connectivity index (χ4v) is 3.43. The van der Waals surface area contributed by atoms with Crippen LogP contribution in [-0.4, -0.2) is 59.1 Å². The summed E-state index contributed by atoms with van der Waals surface area (Å²) in [5.41, 5.74) is -0.731. The second-order valence-corrected chi connectivity index (χ2v) is 6.81. The number of hydrogen-bond acceptors (Lipinski definition) is 4. The largest absolute Gasteiger partial charge is 0.390 e. The highest BCUT2D eigenvalue weighted by atomic mass is 16.3. The van der Waals surface area contributed by atoms with Crippen LogP contribution in [0.15, 0.2) is 0 Å². The Morgan fingerprint density at radius 1 is 1.32 bits per heavy atom. The first kappa shape index (κ1) is 17.2. The predicted octanol–water partition coefficient (Wildman–Crippen LogP) is 0.253. The minimum Gasteiger partial charge on any atom is -0.390 e. The van der Waals surface area contributed by atoms with Crippen molar-refractivity contribution in [1.82, 2.24) is 15.5 Å². The van der Waals surface area contributed by atoms with Crippen LogP contribution in [0.4, 0.5) is 0 Å².